The number of aromatic nitrogens is 1. The molecule has 0 aliphatic heterocycles. The van der Waals surface area contributed by atoms with E-state index >= 15 is 0 Å². The van der Waals surface area contributed by atoms with Gasteiger partial charge in [-0.05, 0) is 23.8 Å². The molecule has 0 amide bonds. The molecule has 0 aliphatic carbocycles. The summed E-state index contributed by atoms with van der Waals surface area (Å²) in [6.07, 6.45) is 4.51. The van der Waals surface area contributed by atoms with Crippen molar-refractivity contribution >= 4 is 12.0 Å². The van der Waals surface area contributed by atoms with Gasteiger partial charge < -0.3 is 13.9 Å². The quantitative estimate of drug-likeness (QED) is 0.621. The lowest BCUT2D eigenvalue weighted by Gasteiger charge is -2.16. The zero-order valence-corrected chi connectivity index (χ0v) is 13.8. The number of hydrogen-bond acceptors (Lipinski definition) is 5. The number of carbonyl (C=O) groups is 1. The molecule has 23 heavy (non-hydrogen) atoms. The van der Waals surface area contributed by atoms with Crippen LogP contribution in [-0.4, -0.2) is 18.1 Å². The molecular formula is C18H21NO4. The van der Waals surface area contributed by atoms with E-state index in [1.54, 1.807) is 6.08 Å². The molecular weight excluding hydrogens is 294 g/mol. The minimum Gasteiger partial charge on any atom is -0.487 e. The van der Waals surface area contributed by atoms with Crippen LogP contribution in [0.15, 0.2) is 41.2 Å². The molecule has 5 heteroatoms. The van der Waals surface area contributed by atoms with Crippen molar-refractivity contribution in [1.29, 1.82) is 0 Å². The van der Waals surface area contributed by atoms with E-state index < -0.39 is 0 Å². The average Bonchev–Trinajstić information content (AvgIpc) is 3.00. The number of esters is 1. The Morgan fingerprint density at radius 1 is 1.26 bits per heavy atom. The van der Waals surface area contributed by atoms with Crippen molar-refractivity contribution in [3.8, 4) is 5.75 Å². The number of ether oxygens (including phenoxy) is 2. The van der Waals surface area contributed by atoms with Crippen LogP contribution < -0.4 is 4.74 Å². The Morgan fingerprint density at radius 3 is 2.57 bits per heavy atom. The van der Waals surface area contributed by atoms with Crippen molar-refractivity contribution in [2.75, 3.05) is 7.11 Å². The lowest BCUT2D eigenvalue weighted by Crippen LogP contribution is -2.14. The minimum atomic E-state index is -0.383. The number of methoxy groups -OCH3 is 1. The number of rotatable bonds is 5. The summed E-state index contributed by atoms with van der Waals surface area (Å²) < 4.78 is 15.8. The zero-order chi connectivity index (χ0) is 16.9. The van der Waals surface area contributed by atoms with Crippen molar-refractivity contribution in [3.05, 3.63) is 53.8 Å². The van der Waals surface area contributed by atoms with Gasteiger partial charge >= 0.3 is 5.97 Å². The summed E-state index contributed by atoms with van der Waals surface area (Å²) in [5, 5.41) is 0. The first-order valence-electron chi connectivity index (χ1n) is 7.32. The summed E-state index contributed by atoms with van der Waals surface area (Å²) in [4.78, 5) is 15.3. The predicted molar refractivity (Wildman–Crippen MR) is 87.0 cm³/mol. The molecule has 0 spiro atoms. The first-order chi connectivity index (χ1) is 10.9. The highest BCUT2D eigenvalue weighted by Crippen LogP contribution is 2.26. The Bertz CT molecular complexity index is 678. The second-order valence-corrected chi connectivity index (χ2v) is 6.09. The summed E-state index contributed by atoms with van der Waals surface area (Å²) in [7, 11) is 1.35. The molecule has 0 atom stereocenters. The van der Waals surface area contributed by atoms with Crippen molar-refractivity contribution in [2.45, 2.75) is 32.8 Å². The smallest absolute Gasteiger partial charge is 0.330 e. The van der Waals surface area contributed by atoms with Gasteiger partial charge in [-0.1, -0.05) is 32.9 Å². The summed E-state index contributed by atoms with van der Waals surface area (Å²) in [5.74, 6) is 1.17. The van der Waals surface area contributed by atoms with Crippen LogP contribution in [-0.2, 0) is 21.6 Å². The number of nitrogens with zero attached hydrogens (tertiary/aromatic N) is 1. The van der Waals surface area contributed by atoms with Gasteiger partial charge in [0.25, 0.3) is 0 Å². The Kier molecular flexibility index (Phi) is 5.21. The van der Waals surface area contributed by atoms with Crippen LogP contribution in [0.4, 0.5) is 0 Å². The molecule has 5 nitrogen and oxygen atoms in total. The molecule has 0 radical (unpaired) electrons. The lowest BCUT2D eigenvalue weighted by atomic mass is 9.92. The fourth-order valence-corrected chi connectivity index (χ4v) is 2.04. The molecule has 0 saturated carbocycles. The van der Waals surface area contributed by atoms with Gasteiger partial charge in [-0.25, -0.2) is 9.78 Å². The molecule has 1 aromatic heterocycles. The van der Waals surface area contributed by atoms with Crippen LogP contribution in [0, 0.1) is 0 Å². The first-order valence-corrected chi connectivity index (χ1v) is 7.32. The van der Waals surface area contributed by atoms with E-state index in [0.29, 0.717) is 6.61 Å². The molecule has 0 fully saturated rings. The summed E-state index contributed by atoms with van der Waals surface area (Å²) in [6.45, 7) is 6.55. The Morgan fingerprint density at radius 2 is 1.96 bits per heavy atom. The zero-order valence-electron chi connectivity index (χ0n) is 13.8. The van der Waals surface area contributed by atoms with Crippen LogP contribution in [0.25, 0.3) is 6.08 Å². The van der Waals surface area contributed by atoms with Crippen molar-refractivity contribution in [3.63, 3.8) is 0 Å². The summed E-state index contributed by atoms with van der Waals surface area (Å²) >= 11 is 0. The van der Waals surface area contributed by atoms with Gasteiger partial charge in [-0.15, -0.1) is 0 Å². The van der Waals surface area contributed by atoms with E-state index in [9.17, 15) is 4.79 Å². The molecule has 1 aromatic carbocycles. The second-order valence-electron chi connectivity index (χ2n) is 6.09. The van der Waals surface area contributed by atoms with Crippen LogP contribution in [0.2, 0.25) is 0 Å². The first kappa shape index (κ1) is 16.8. The largest absolute Gasteiger partial charge is 0.487 e. The van der Waals surface area contributed by atoms with E-state index in [-0.39, 0.29) is 11.4 Å². The molecule has 1 heterocycles. The van der Waals surface area contributed by atoms with Crippen LogP contribution in [0.1, 0.15) is 37.8 Å². The minimum absolute atomic E-state index is 0.113. The maximum atomic E-state index is 11.0. The Labute approximate surface area is 135 Å². The third kappa shape index (κ3) is 4.71. The highest BCUT2D eigenvalue weighted by Gasteiger charge is 2.23. The van der Waals surface area contributed by atoms with E-state index in [4.69, 9.17) is 9.15 Å². The normalized spacial score (nSPS) is 11.7. The van der Waals surface area contributed by atoms with Gasteiger partial charge in [-0.3, -0.25) is 0 Å². The number of benzene rings is 1. The summed E-state index contributed by atoms with van der Waals surface area (Å²) in [6, 6.07) is 7.41. The average molecular weight is 315 g/mol. The molecule has 0 aliphatic rings. The monoisotopic (exact) mass is 315 g/mol. The number of hydrogen-bond donors (Lipinski definition) is 0. The van der Waals surface area contributed by atoms with Crippen molar-refractivity contribution in [1.82, 2.24) is 4.98 Å². The van der Waals surface area contributed by atoms with Gasteiger partial charge in [0, 0.05) is 11.5 Å². The SMILES string of the molecule is COC(=O)/C=C/c1ccc(OCc2ncoc2C(C)(C)C)cc1. The van der Waals surface area contributed by atoms with Crippen molar-refractivity contribution < 1.29 is 18.7 Å². The fraction of sp³-hybridized carbons (Fsp3) is 0.333. The van der Waals surface area contributed by atoms with Gasteiger partial charge in [0.05, 0.1) is 7.11 Å². The van der Waals surface area contributed by atoms with Gasteiger partial charge in [-0.2, -0.15) is 0 Å². The molecule has 0 N–H and O–H groups in total. The maximum Gasteiger partial charge on any atom is 0.330 e. The summed E-state index contributed by atoms with van der Waals surface area (Å²) in [5.41, 5.74) is 1.57. The highest BCUT2D eigenvalue weighted by molar-refractivity contribution is 5.86. The molecule has 0 saturated heterocycles. The van der Waals surface area contributed by atoms with E-state index in [2.05, 4.69) is 30.5 Å². The molecule has 0 bridgehead atoms. The van der Waals surface area contributed by atoms with E-state index in [0.717, 1.165) is 22.8 Å². The topological polar surface area (TPSA) is 61.6 Å². The highest BCUT2D eigenvalue weighted by atomic mass is 16.5. The lowest BCUT2D eigenvalue weighted by molar-refractivity contribution is -0.134. The van der Waals surface area contributed by atoms with Gasteiger partial charge in [0.15, 0.2) is 6.39 Å². The van der Waals surface area contributed by atoms with E-state index in [1.807, 2.05) is 24.3 Å². The van der Waals surface area contributed by atoms with Crippen LogP contribution in [0.3, 0.4) is 0 Å². The fourth-order valence-electron chi connectivity index (χ4n) is 2.04. The number of oxazole rings is 1. The second kappa shape index (κ2) is 7.13. The van der Waals surface area contributed by atoms with Crippen molar-refractivity contribution in [2.24, 2.45) is 0 Å². The van der Waals surface area contributed by atoms with Crippen LogP contribution >= 0.6 is 0 Å². The molecule has 122 valence electrons. The van der Waals surface area contributed by atoms with Gasteiger partial charge in [0.2, 0.25) is 0 Å². The van der Waals surface area contributed by atoms with E-state index in [1.165, 1.54) is 19.6 Å². The third-order valence-electron chi connectivity index (χ3n) is 3.19. The Hall–Kier alpha value is -2.56. The molecule has 2 rings (SSSR count). The maximum absolute atomic E-state index is 11.0. The van der Waals surface area contributed by atoms with Gasteiger partial charge in [0.1, 0.15) is 23.8 Å². The third-order valence-corrected chi connectivity index (χ3v) is 3.19. The standard InChI is InChI=1S/C18H21NO4/c1-18(2,3)17-15(19-12-23-17)11-22-14-8-5-13(6-9-14)7-10-16(20)21-4/h5-10,12H,11H2,1-4H3/b10-7+. The molecule has 0 unspecified atom stereocenters. The molecule has 2 aromatic rings. The predicted octanol–water partition coefficient (Wildman–Crippen LogP) is 3.74. The number of carbonyl (C=O) groups excluding carboxylic acids is 1. The van der Waals surface area contributed by atoms with Crippen LogP contribution in [0.5, 0.6) is 5.75 Å². The Balaban J connectivity index is 1.98.